The monoisotopic (exact) mass is 322 g/mol. The number of methoxy groups -OCH3 is 1. The molecule has 23 heavy (non-hydrogen) atoms. The molecule has 1 aromatic carbocycles. The first-order valence-corrected chi connectivity index (χ1v) is 7.86. The predicted octanol–water partition coefficient (Wildman–Crippen LogP) is 0.309. The van der Waals surface area contributed by atoms with E-state index in [1.807, 2.05) is 26.1 Å². The molecular weight excluding hydrogens is 294 g/mol. The number of likely N-dealkylation sites (N-methyl/N-ethyl adjacent to an activating group) is 1. The molecule has 0 bridgehead atoms. The average molecular weight is 322 g/mol. The predicted molar refractivity (Wildman–Crippen MR) is 90.7 cm³/mol. The summed E-state index contributed by atoms with van der Waals surface area (Å²) >= 11 is 0. The van der Waals surface area contributed by atoms with E-state index in [0.29, 0.717) is 17.4 Å². The molecule has 0 saturated heterocycles. The summed E-state index contributed by atoms with van der Waals surface area (Å²) in [7, 11) is 3.40. The summed E-state index contributed by atoms with van der Waals surface area (Å²) in [6.45, 7) is 6.59. The van der Waals surface area contributed by atoms with Gasteiger partial charge in [-0.05, 0) is 25.0 Å². The zero-order valence-corrected chi connectivity index (χ0v) is 14.6. The first-order chi connectivity index (χ1) is 10.8. The Morgan fingerprint density at radius 3 is 2.43 bits per heavy atom. The normalized spacial score (nSPS) is 13.3. The van der Waals surface area contributed by atoms with Gasteiger partial charge in [0.2, 0.25) is 0 Å². The minimum absolute atomic E-state index is 0.0436. The molecule has 128 valence electrons. The fourth-order valence-electron chi connectivity index (χ4n) is 1.99. The van der Waals surface area contributed by atoms with Crippen LogP contribution < -0.4 is 20.3 Å². The molecule has 0 aliphatic carbocycles. The maximum Gasteiger partial charge on any atom is 0.279 e. The minimum atomic E-state index is -0.138. The van der Waals surface area contributed by atoms with Crippen molar-refractivity contribution in [3.63, 3.8) is 0 Å². The number of rotatable bonds is 8. The quantitative estimate of drug-likeness (QED) is 0.645. The number of amides is 2. The Kier molecular flexibility index (Phi) is 7.54. The van der Waals surface area contributed by atoms with Crippen molar-refractivity contribution in [1.29, 1.82) is 0 Å². The van der Waals surface area contributed by atoms with Crippen LogP contribution in [0.25, 0.3) is 0 Å². The molecule has 0 spiro atoms. The van der Waals surface area contributed by atoms with E-state index in [1.165, 1.54) is 0 Å². The fourth-order valence-corrected chi connectivity index (χ4v) is 1.99. The second-order valence-corrected chi connectivity index (χ2v) is 6.19. The molecule has 0 aromatic heterocycles. The first-order valence-electron chi connectivity index (χ1n) is 7.86. The zero-order valence-electron chi connectivity index (χ0n) is 14.6. The Morgan fingerprint density at radius 1 is 1.17 bits per heavy atom. The van der Waals surface area contributed by atoms with Crippen LogP contribution in [0.3, 0.4) is 0 Å². The molecular formula is C17H28N3O3+. The van der Waals surface area contributed by atoms with E-state index >= 15 is 0 Å². The van der Waals surface area contributed by atoms with Gasteiger partial charge < -0.3 is 20.3 Å². The van der Waals surface area contributed by atoms with Gasteiger partial charge in [-0.15, -0.1) is 0 Å². The Hall–Kier alpha value is -2.08. The van der Waals surface area contributed by atoms with E-state index in [4.69, 9.17) is 4.74 Å². The molecule has 2 atom stereocenters. The summed E-state index contributed by atoms with van der Waals surface area (Å²) in [5.74, 6) is 0.888. The highest BCUT2D eigenvalue weighted by molar-refractivity contribution is 5.91. The number of anilines is 1. The molecule has 3 N–H and O–H groups in total. The number of carbonyl (C=O) groups is 2. The van der Waals surface area contributed by atoms with E-state index < -0.39 is 0 Å². The van der Waals surface area contributed by atoms with Crippen molar-refractivity contribution in [3.8, 4) is 5.75 Å². The highest BCUT2D eigenvalue weighted by Gasteiger charge is 2.17. The fraction of sp³-hybridized carbons (Fsp3) is 0.529. The van der Waals surface area contributed by atoms with Crippen LogP contribution in [0.4, 0.5) is 5.69 Å². The molecule has 0 fully saturated rings. The topological polar surface area (TPSA) is 71.9 Å². The summed E-state index contributed by atoms with van der Waals surface area (Å²) in [5.41, 5.74) is 0.681. The van der Waals surface area contributed by atoms with E-state index in [1.54, 1.807) is 19.2 Å². The second-order valence-electron chi connectivity index (χ2n) is 6.19. The van der Waals surface area contributed by atoms with Crippen LogP contribution in [0.5, 0.6) is 5.75 Å². The van der Waals surface area contributed by atoms with Gasteiger partial charge in [-0.2, -0.15) is 0 Å². The van der Waals surface area contributed by atoms with Crippen molar-refractivity contribution in [2.75, 3.05) is 32.6 Å². The van der Waals surface area contributed by atoms with Gasteiger partial charge in [-0.1, -0.05) is 19.9 Å². The number of quaternary nitrogens is 1. The van der Waals surface area contributed by atoms with E-state index in [9.17, 15) is 9.59 Å². The number of benzene rings is 1. The number of hydrogen-bond acceptors (Lipinski definition) is 3. The second kappa shape index (κ2) is 9.15. The van der Waals surface area contributed by atoms with Gasteiger partial charge in [0.25, 0.3) is 11.8 Å². The smallest absolute Gasteiger partial charge is 0.279 e. The van der Waals surface area contributed by atoms with E-state index in [2.05, 4.69) is 24.5 Å². The molecule has 1 unspecified atom stereocenters. The van der Waals surface area contributed by atoms with Crippen molar-refractivity contribution in [2.45, 2.75) is 26.8 Å². The van der Waals surface area contributed by atoms with Crippen LogP contribution in [-0.2, 0) is 9.59 Å². The van der Waals surface area contributed by atoms with Gasteiger partial charge in [-0.25, -0.2) is 0 Å². The average Bonchev–Trinajstić information content (AvgIpc) is 2.46. The maximum atomic E-state index is 12.0. The summed E-state index contributed by atoms with van der Waals surface area (Å²) in [6, 6.07) is 7.30. The first kappa shape index (κ1) is 19.0. The van der Waals surface area contributed by atoms with Crippen LogP contribution >= 0.6 is 0 Å². The highest BCUT2D eigenvalue weighted by atomic mass is 16.5. The summed E-state index contributed by atoms with van der Waals surface area (Å²) in [6.07, 6.45) is 0. The number of ether oxygens (including phenoxy) is 1. The van der Waals surface area contributed by atoms with E-state index in [0.717, 1.165) is 4.90 Å². The lowest BCUT2D eigenvalue weighted by Crippen LogP contribution is -3.11. The van der Waals surface area contributed by atoms with Crippen molar-refractivity contribution in [1.82, 2.24) is 5.32 Å². The Labute approximate surface area is 138 Å². The third kappa shape index (κ3) is 7.15. The Morgan fingerprint density at radius 2 is 1.83 bits per heavy atom. The highest BCUT2D eigenvalue weighted by Crippen LogP contribution is 2.16. The van der Waals surface area contributed by atoms with Crippen LogP contribution in [0, 0.1) is 5.92 Å². The van der Waals surface area contributed by atoms with E-state index in [-0.39, 0.29) is 30.9 Å². The molecule has 1 aromatic rings. The van der Waals surface area contributed by atoms with Crippen molar-refractivity contribution in [3.05, 3.63) is 24.3 Å². The van der Waals surface area contributed by atoms with Gasteiger partial charge >= 0.3 is 0 Å². The van der Waals surface area contributed by atoms with Gasteiger partial charge in [0.1, 0.15) is 5.75 Å². The van der Waals surface area contributed by atoms with Crippen molar-refractivity contribution in [2.24, 2.45) is 5.92 Å². The standard InChI is InChI=1S/C17H27N3O3/c1-12(2)13(3)18-16(21)10-20(4)11-17(22)19-14-7-6-8-15(9-14)23-5/h6-9,12-13H,10-11H2,1-5H3,(H,18,21)(H,19,22)/p+1/t13-/m0/s1. The molecule has 0 radical (unpaired) electrons. The lowest BCUT2D eigenvalue weighted by atomic mass is 10.1. The molecule has 1 rings (SSSR count). The SMILES string of the molecule is COc1cccc(NC(=O)C[NH+](C)CC(=O)N[C@@H](C)C(C)C)c1. The van der Waals surface area contributed by atoms with Crippen molar-refractivity contribution < 1.29 is 19.2 Å². The summed E-state index contributed by atoms with van der Waals surface area (Å²) < 4.78 is 5.12. The molecule has 6 nitrogen and oxygen atoms in total. The zero-order chi connectivity index (χ0) is 17.4. The molecule has 0 saturated carbocycles. The van der Waals surface area contributed by atoms with Crippen LogP contribution in [0.15, 0.2) is 24.3 Å². The third-order valence-corrected chi connectivity index (χ3v) is 3.67. The third-order valence-electron chi connectivity index (χ3n) is 3.67. The van der Waals surface area contributed by atoms with Gasteiger partial charge in [0, 0.05) is 17.8 Å². The lowest BCUT2D eigenvalue weighted by Gasteiger charge is -2.19. The maximum absolute atomic E-state index is 12.0. The number of nitrogens with one attached hydrogen (secondary N) is 3. The molecule has 6 heteroatoms. The van der Waals surface area contributed by atoms with Gasteiger partial charge in [0.15, 0.2) is 13.1 Å². The van der Waals surface area contributed by atoms with Crippen molar-refractivity contribution >= 4 is 17.5 Å². The largest absolute Gasteiger partial charge is 0.497 e. The van der Waals surface area contributed by atoms with Crippen LogP contribution in [0.2, 0.25) is 0 Å². The van der Waals surface area contributed by atoms with Crippen LogP contribution in [-0.4, -0.2) is 45.1 Å². The summed E-state index contributed by atoms with van der Waals surface area (Å²) in [5, 5.41) is 5.75. The van der Waals surface area contributed by atoms with Gasteiger partial charge in [-0.3, -0.25) is 9.59 Å². The Balaban J connectivity index is 2.42. The molecule has 0 aliphatic heterocycles. The molecule has 0 aliphatic rings. The minimum Gasteiger partial charge on any atom is -0.497 e. The number of carbonyl (C=O) groups excluding carboxylic acids is 2. The van der Waals surface area contributed by atoms with Crippen LogP contribution in [0.1, 0.15) is 20.8 Å². The Bertz CT molecular complexity index is 532. The molecule has 0 heterocycles. The summed E-state index contributed by atoms with van der Waals surface area (Å²) in [4.78, 5) is 24.8. The molecule has 2 amide bonds. The van der Waals surface area contributed by atoms with Gasteiger partial charge in [0.05, 0.1) is 14.2 Å². The number of hydrogen-bond donors (Lipinski definition) is 3. The lowest BCUT2D eigenvalue weighted by molar-refractivity contribution is -0.862.